The molecule has 0 fully saturated rings. The summed E-state index contributed by atoms with van der Waals surface area (Å²) in [4.78, 5) is 2.29. The third-order valence-electron chi connectivity index (χ3n) is 3.44. The highest BCUT2D eigenvalue weighted by Crippen LogP contribution is 2.20. The molecule has 2 nitrogen and oxygen atoms in total. The Morgan fingerprint density at radius 2 is 1.94 bits per heavy atom. The van der Waals surface area contributed by atoms with Gasteiger partial charge in [-0.2, -0.15) is 5.26 Å². The number of nitriles is 1. The van der Waals surface area contributed by atoms with Crippen molar-refractivity contribution in [3.8, 4) is 6.07 Å². The minimum Gasteiger partial charge on any atom is -0.297 e. The lowest BCUT2D eigenvalue weighted by molar-refractivity contribution is 0.143. The summed E-state index contributed by atoms with van der Waals surface area (Å²) in [7, 11) is 2.11. The van der Waals surface area contributed by atoms with Gasteiger partial charge in [0.25, 0.3) is 0 Å². The number of hydrogen-bond donors (Lipinski definition) is 0. The fourth-order valence-electron chi connectivity index (χ4n) is 1.51. The summed E-state index contributed by atoms with van der Waals surface area (Å²) in [6.45, 7) is 7.46. The molecule has 0 atom stereocenters. The number of nitrogens with zero attached hydrogens (tertiary/aromatic N) is 2. The van der Waals surface area contributed by atoms with Crippen molar-refractivity contribution in [2.45, 2.75) is 39.3 Å². The third-order valence-corrected chi connectivity index (χ3v) is 3.44. The molecule has 0 amide bonds. The molecule has 86 valence electrons. The molecule has 0 aliphatic rings. The Morgan fingerprint density at radius 1 is 1.31 bits per heavy atom. The van der Waals surface area contributed by atoms with Gasteiger partial charge in [0.1, 0.15) is 0 Å². The average molecular weight is 216 g/mol. The summed E-state index contributed by atoms with van der Waals surface area (Å²) in [6, 6.07) is 10.0. The second kappa shape index (κ2) is 5.14. The van der Waals surface area contributed by atoms with Crippen molar-refractivity contribution >= 4 is 0 Å². The van der Waals surface area contributed by atoms with Gasteiger partial charge in [-0.3, -0.25) is 4.90 Å². The molecule has 0 heterocycles. The summed E-state index contributed by atoms with van der Waals surface area (Å²) in [5.41, 5.74) is 2.05. The van der Waals surface area contributed by atoms with Gasteiger partial charge < -0.3 is 0 Å². The van der Waals surface area contributed by atoms with E-state index in [9.17, 15) is 0 Å². The molecule has 0 spiro atoms. The number of benzene rings is 1. The van der Waals surface area contributed by atoms with Gasteiger partial charge in [-0.15, -0.1) is 0 Å². The maximum Gasteiger partial charge on any atom is 0.0995 e. The first kappa shape index (κ1) is 12.7. The minimum atomic E-state index is 0.169. The zero-order valence-corrected chi connectivity index (χ0v) is 10.6. The molecule has 0 aromatic heterocycles. The Hall–Kier alpha value is -1.33. The van der Waals surface area contributed by atoms with E-state index in [1.807, 2.05) is 24.3 Å². The Labute approximate surface area is 98.5 Å². The Kier molecular flexibility index (Phi) is 4.09. The Bertz CT molecular complexity index is 388. The van der Waals surface area contributed by atoms with Crippen LogP contribution < -0.4 is 0 Å². The number of rotatable bonds is 4. The molecule has 0 saturated carbocycles. The van der Waals surface area contributed by atoms with Gasteiger partial charge in [0.15, 0.2) is 0 Å². The predicted molar refractivity (Wildman–Crippen MR) is 67.0 cm³/mol. The SMILES string of the molecule is CCC(C)(C)N(C)Cc1ccccc1C#N. The molecule has 0 N–H and O–H groups in total. The largest absolute Gasteiger partial charge is 0.297 e. The van der Waals surface area contributed by atoms with E-state index in [1.165, 1.54) is 0 Å². The maximum atomic E-state index is 9.02. The van der Waals surface area contributed by atoms with Crippen molar-refractivity contribution in [2.75, 3.05) is 7.05 Å². The van der Waals surface area contributed by atoms with Crippen LogP contribution in [0.1, 0.15) is 38.3 Å². The second-order valence-electron chi connectivity index (χ2n) is 4.79. The second-order valence-corrected chi connectivity index (χ2v) is 4.79. The highest BCUT2D eigenvalue weighted by atomic mass is 15.2. The van der Waals surface area contributed by atoms with Crippen molar-refractivity contribution in [3.05, 3.63) is 35.4 Å². The first-order chi connectivity index (χ1) is 7.51. The third kappa shape index (κ3) is 2.84. The van der Waals surface area contributed by atoms with E-state index in [4.69, 9.17) is 5.26 Å². The van der Waals surface area contributed by atoms with Gasteiger partial charge in [-0.05, 0) is 38.9 Å². The molecule has 1 aromatic carbocycles. The predicted octanol–water partition coefficient (Wildman–Crippen LogP) is 3.18. The Morgan fingerprint density at radius 3 is 2.50 bits per heavy atom. The summed E-state index contributed by atoms with van der Waals surface area (Å²) in [5, 5.41) is 9.02. The highest BCUT2D eigenvalue weighted by Gasteiger charge is 2.21. The lowest BCUT2D eigenvalue weighted by Crippen LogP contribution is -2.39. The van der Waals surface area contributed by atoms with Crippen LogP contribution in [0.5, 0.6) is 0 Å². The van der Waals surface area contributed by atoms with Gasteiger partial charge in [0.2, 0.25) is 0 Å². The molecule has 0 saturated heterocycles. The average Bonchev–Trinajstić information content (AvgIpc) is 2.29. The van der Waals surface area contributed by atoms with Crippen LogP contribution in [0, 0.1) is 11.3 Å². The van der Waals surface area contributed by atoms with Crippen molar-refractivity contribution in [1.82, 2.24) is 4.90 Å². The molecule has 0 aliphatic carbocycles. The summed E-state index contributed by atoms with van der Waals surface area (Å²) < 4.78 is 0. The van der Waals surface area contributed by atoms with Gasteiger partial charge in [-0.1, -0.05) is 25.1 Å². The smallest absolute Gasteiger partial charge is 0.0995 e. The van der Waals surface area contributed by atoms with Crippen LogP contribution in [0.2, 0.25) is 0 Å². The van der Waals surface area contributed by atoms with E-state index in [0.717, 1.165) is 24.1 Å². The molecule has 2 heteroatoms. The van der Waals surface area contributed by atoms with Crippen molar-refractivity contribution in [3.63, 3.8) is 0 Å². The topological polar surface area (TPSA) is 27.0 Å². The molecular formula is C14H20N2. The molecule has 16 heavy (non-hydrogen) atoms. The van der Waals surface area contributed by atoms with Crippen LogP contribution in [-0.2, 0) is 6.54 Å². The molecule has 0 bridgehead atoms. The molecule has 0 aliphatic heterocycles. The van der Waals surface area contributed by atoms with Gasteiger partial charge in [0, 0.05) is 12.1 Å². The van der Waals surface area contributed by atoms with E-state index >= 15 is 0 Å². The van der Waals surface area contributed by atoms with Crippen LogP contribution in [0.4, 0.5) is 0 Å². The lowest BCUT2D eigenvalue weighted by atomic mass is 9.98. The standard InChI is InChI=1S/C14H20N2/c1-5-14(2,3)16(4)11-13-9-7-6-8-12(13)10-15/h6-9H,5,11H2,1-4H3. The fraction of sp³-hybridized carbons (Fsp3) is 0.500. The van der Waals surface area contributed by atoms with Crippen molar-refractivity contribution < 1.29 is 0 Å². The zero-order valence-electron chi connectivity index (χ0n) is 10.6. The van der Waals surface area contributed by atoms with Crippen LogP contribution in [0.25, 0.3) is 0 Å². The van der Waals surface area contributed by atoms with Crippen LogP contribution >= 0.6 is 0 Å². The van der Waals surface area contributed by atoms with E-state index in [-0.39, 0.29) is 5.54 Å². The molecule has 1 aromatic rings. The normalized spacial score (nSPS) is 11.5. The quantitative estimate of drug-likeness (QED) is 0.773. The molecule has 0 radical (unpaired) electrons. The van der Waals surface area contributed by atoms with Gasteiger partial charge in [-0.25, -0.2) is 0 Å². The molecule has 1 rings (SSSR count). The molecule has 0 unspecified atom stereocenters. The summed E-state index contributed by atoms with van der Waals surface area (Å²) in [6.07, 6.45) is 1.10. The summed E-state index contributed by atoms with van der Waals surface area (Å²) in [5.74, 6) is 0. The van der Waals surface area contributed by atoms with Crippen LogP contribution in [0.3, 0.4) is 0 Å². The van der Waals surface area contributed by atoms with E-state index in [1.54, 1.807) is 0 Å². The Balaban J connectivity index is 2.85. The van der Waals surface area contributed by atoms with E-state index in [0.29, 0.717) is 0 Å². The maximum absolute atomic E-state index is 9.02. The lowest BCUT2D eigenvalue weighted by Gasteiger charge is -2.35. The fourth-order valence-corrected chi connectivity index (χ4v) is 1.51. The monoisotopic (exact) mass is 216 g/mol. The van der Waals surface area contributed by atoms with Gasteiger partial charge in [0.05, 0.1) is 11.6 Å². The zero-order chi connectivity index (χ0) is 12.2. The highest BCUT2D eigenvalue weighted by molar-refractivity contribution is 5.37. The van der Waals surface area contributed by atoms with Crippen LogP contribution in [0.15, 0.2) is 24.3 Å². The van der Waals surface area contributed by atoms with E-state index < -0.39 is 0 Å². The van der Waals surface area contributed by atoms with E-state index in [2.05, 4.69) is 38.8 Å². The van der Waals surface area contributed by atoms with Crippen LogP contribution in [-0.4, -0.2) is 17.5 Å². The summed E-state index contributed by atoms with van der Waals surface area (Å²) >= 11 is 0. The van der Waals surface area contributed by atoms with Crippen molar-refractivity contribution in [1.29, 1.82) is 5.26 Å². The van der Waals surface area contributed by atoms with Gasteiger partial charge >= 0.3 is 0 Å². The molecular weight excluding hydrogens is 196 g/mol. The first-order valence-corrected chi connectivity index (χ1v) is 5.70. The van der Waals surface area contributed by atoms with Crippen molar-refractivity contribution in [2.24, 2.45) is 0 Å². The minimum absolute atomic E-state index is 0.169. The number of hydrogen-bond acceptors (Lipinski definition) is 2. The first-order valence-electron chi connectivity index (χ1n) is 5.70.